The summed E-state index contributed by atoms with van der Waals surface area (Å²) in [6.45, 7) is 7.04. The summed E-state index contributed by atoms with van der Waals surface area (Å²) in [7, 11) is 0. The lowest BCUT2D eigenvalue weighted by Gasteiger charge is -2.35. The number of anilines is 1. The number of hydrogen-bond acceptors (Lipinski definition) is 6. The molecule has 0 saturated carbocycles. The zero-order chi connectivity index (χ0) is 16.7. The van der Waals surface area contributed by atoms with Gasteiger partial charge in [0.2, 0.25) is 5.28 Å². The van der Waals surface area contributed by atoms with E-state index in [1.54, 1.807) is 11.3 Å². The molecule has 0 bridgehead atoms. The molecular weight excluding hydrogens is 344 g/mol. The van der Waals surface area contributed by atoms with Gasteiger partial charge in [0.1, 0.15) is 10.6 Å². The van der Waals surface area contributed by atoms with E-state index in [4.69, 9.17) is 16.7 Å². The Morgan fingerprint density at radius 1 is 1.25 bits per heavy atom. The molecule has 2 aromatic heterocycles. The summed E-state index contributed by atoms with van der Waals surface area (Å²) >= 11 is 8.03. The summed E-state index contributed by atoms with van der Waals surface area (Å²) in [5.41, 5.74) is 1.46. The number of aromatic nitrogens is 2. The van der Waals surface area contributed by atoms with Crippen LogP contribution in [-0.4, -0.2) is 59.3 Å². The Hall–Kier alpha value is -0.950. The first-order valence-electron chi connectivity index (χ1n) is 8.71. The van der Waals surface area contributed by atoms with Gasteiger partial charge in [-0.15, -0.1) is 11.3 Å². The second-order valence-electron chi connectivity index (χ2n) is 6.90. The summed E-state index contributed by atoms with van der Waals surface area (Å²) in [4.78, 5) is 16.3. The van der Waals surface area contributed by atoms with Crippen molar-refractivity contribution in [3.63, 3.8) is 0 Å². The highest BCUT2D eigenvalue weighted by Gasteiger charge is 2.27. The highest BCUT2D eigenvalue weighted by atomic mass is 35.5. The normalized spacial score (nSPS) is 22.1. The Bertz CT molecular complexity index is 742. The van der Waals surface area contributed by atoms with Crippen LogP contribution in [0.25, 0.3) is 10.2 Å². The van der Waals surface area contributed by atoms with E-state index in [-0.39, 0.29) is 6.61 Å². The molecule has 1 N–H and O–H groups in total. The molecule has 1 atom stereocenters. The maximum absolute atomic E-state index is 9.11. The number of fused-ring (bicyclic) bond motifs is 3. The summed E-state index contributed by atoms with van der Waals surface area (Å²) < 4.78 is 0. The van der Waals surface area contributed by atoms with Crippen molar-refractivity contribution < 1.29 is 5.11 Å². The topological polar surface area (TPSA) is 52.5 Å². The van der Waals surface area contributed by atoms with Crippen molar-refractivity contribution in [2.45, 2.75) is 26.2 Å². The quantitative estimate of drug-likeness (QED) is 0.846. The molecule has 0 amide bonds. The van der Waals surface area contributed by atoms with Crippen molar-refractivity contribution in [3.8, 4) is 0 Å². The molecule has 7 heteroatoms. The molecule has 3 heterocycles. The Labute approximate surface area is 151 Å². The van der Waals surface area contributed by atoms with E-state index in [2.05, 4.69) is 26.7 Å². The first kappa shape index (κ1) is 16.5. The predicted molar refractivity (Wildman–Crippen MR) is 99.4 cm³/mol. The molecule has 0 aromatic carbocycles. The summed E-state index contributed by atoms with van der Waals surface area (Å²) in [6, 6.07) is 0. The zero-order valence-electron chi connectivity index (χ0n) is 14.0. The van der Waals surface area contributed by atoms with Crippen LogP contribution in [0.4, 0.5) is 5.82 Å². The minimum Gasteiger partial charge on any atom is -0.395 e. The molecule has 1 aliphatic carbocycles. The van der Waals surface area contributed by atoms with E-state index in [1.807, 2.05) is 0 Å². The first-order chi connectivity index (χ1) is 11.7. The van der Waals surface area contributed by atoms with Gasteiger partial charge in [0.25, 0.3) is 0 Å². The number of β-amino-alcohol motifs (C(OH)–C–C–N with tert-alkyl or cyclic N) is 1. The number of hydrogen-bond donors (Lipinski definition) is 1. The fraction of sp³-hybridized carbons (Fsp3) is 0.647. The highest BCUT2D eigenvalue weighted by molar-refractivity contribution is 7.19. The average molecular weight is 367 g/mol. The van der Waals surface area contributed by atoms with Crippen LogP contribution in [0.15, 0.2) is 0 Å². The van der Waals surface area contributed by atoms with E-state index >= 15 is 0 Å². The van der Waals surface area contributed by atoms with Gasteiger partial charge < -0.3 is 10.0 Å². The van der Waals surface area contributed by atoms with Crippen molar-refractivity contribution >= 4 is 39.0 Å². The molecule has 1 fully saturated rings. The number of aliphatic hydroxyl groups is 1. The molecular formula is C17H23ClN4OS. The van der Waals surface area contributed by atoms with Gasteiger partial charge in [-0.3, -0.25) is 4.90 Å². The minimum atomic E-state index is 0.222. The van der Waals surface area contributed by atoms with E-state index in [0.29, 0.717) is 5.28 Å². The number of piperazine rings is 1. The zero-order valence-corrected chi connectivity index (χ0v) is 15.5. The molecule has 2 aliphatic rings. The summed E-state index contributed by atoms with van der Waals surface area (Å²) in [5, 5.41) is 10.7. The number of rotatable bonds is 3. The van der Waals surface area contributed by atoms with Crippen LogP contribution >= 0.6 is 22.9 Å². The maximum atomic E-state index is 9.11. The lowest BCUT2D eigenvalue weighted by Crippen LogP contribution is -2.47. The minimum absolute atomic E-state index is 0.222. The molecule has 2 aromatic rings. The third-order valence-corrected chi connectivity index (χ3v) is 6.51. The van der Waals surface area contributed by atoms with Gasteiger partial charge in [-0.1, -0.05) is 6.92 Å². The Morgan fingerprint density at radius 2 is 2.04 bits per heavy atom. The van der Waals surface area contributed by atoms with Crippen LogP contribution in [0.3, 0.4) is 0 Å². The predicted octanol–water partition coefficient (Wildman–Crippen LogP) is 2.58. The molecule has 4 rings (SSSR count). The lowest BCUT2D eigenvalue weighted by atomic mass is 9.89. The number of aryl methyl sites for hydroxylation is 1. The summed E-state index contributed by atoms with van der Waals surface area (Å²) in [6.07, 6.45) is 3.52. The monoisotopic (exact) mass is 366 g/mol. The van der Waals surface area contributed by atoms with Crippen molar-refractivity contribution in [1.29, 1.82) is 0 Å². The second-order valence-corrected chi connectivity index (χ2v) is 8.32. The van der Waals surface area contributed by atoms with Crippen LogP contribution in [0, 0.1) is 5.92 Å². The number of thiophene rings is 1. The number of aliphatic hydroxyl groups excluding tert-OH is 1. The first-order valence-corrected chi connectivity index (χ1v) is 9.91. The van der Waals surface area contributed by atoms with Crippen LogP contribution in [0.5, 0.6) is 0 Å². The molecule has 1 aliphatic heterocycles. The van der Waals surface area contributed by atoms with Crippen molar-refractivity contribution in [1.82, 2.24) is 14.9 Å². The average Bonchev–Trinajstić information content (AvgIpc) is 2.92. The largest absolute Gasteiger partial charge is 0.395 e. The van der Waals surface area contributed by atoms with Crippen LogP contribution in [0.1, 0.15) is 23.8 Å². The van der Waals surface area contributed by atoms with Gasteiger partial charge in [-0.2, -0.15) is 4.98 Å². The smallest absolute Gasteiger partial charge is 0.225 e. The SMILES string of the molecule is CC1CCc2c(sc3nc(Cl)nc(N4CCN(CCO)CC4)c23)C1. The number of nitrogens with zero attached hydrogens (tertiary/aromatic N) is 4. The van der Waals surface area contributed by atoms with E-state index in [0.717, 1.165) is 62.1 Å². The molecule has 24 heavy (non-hydrogen) atoms. The van der Waals surface area contributed by atoms with Gasteiger partial charge in [-0.25, -0.2) is 4.98 Å². The van der Waals surface area contributed by atoms with Gasteiger partial charge in [0, 0.05) is 37.6 Å². The van der Waals surface area contributed by atoms with E-state index in [1.165, 1.54) is 22.2 Å². The third-order valence-electron chi connectivity index (χ3n) is 5.20. The Balaban J connectivity index is 1.70. The van der Waals surface area contributed by atoms with Crippen molar-refractivity contribution in [2.24, 2.45) is 5.92 Å². The molecule has 130 valence electrons. The highest BCUT2D eigenvalue weighted by Crippen LogP contribution is 2.41. The molecule has 1 saturated heterocycles. The second kappa shape index (κ2) is 6.75. The molecule has 5 nitrogen and oxygen atoms in total. The van der Waals surface area contributed by atoms with Crippen LogP contribution in [0.2, 0.25) is 5.28 Å². The van der Waals surface area contributed by atoms with Crippen molar-refractivity contribution in [2.75, 3.05) is 44.2 Å². The summed E-state index contributed by atoms with van der Waals surface area (Å²) in [5.74, 6) is 1.76. The van der Waals surface area contributed by atoms with Crippen LogP contribution < -0.4 is 4.90 Å². The van der Waals surface area contributed by atoms with E-state index in [9.17, 15) is 0 Å². The van der Waals surface area contributed by atoms with Gasteiger partial charge in [0.05, 0.1) is 12.0 Å². The number of halogens is 1. The van der Waals surface area contributed by atoms with Gasteiger partial charge >= 0.3 is 0 Å². The Kier molecular flexibility index (Phi) is 4.64. The molecule has 1 unspecified atom stereocenters. The molecule has 0 radical (unpaired) electrons. The van der Waals surface area contributed by atoms with E-state index < -0.39 is 0 Å². The lowest BCUT2D eigenvalue weighted by molar-refractivity contribution is 0.188. The van der Waals surface area contributed by atoms with Gasteiger partial charge in [0.15, 0.2) is 0 Å². The Morgan fingerprint density at radius 3 is 2.79 bits per heavy atom. The third kappa shape index (κ3) is 3.01. The molecule has 0 spiro atoms. The standard InChI is InChI=1S/C17H23ClN4OS/c1-11-2-3-12-13(10-11)24-16-14(12)15(19-17(18)20-16)22-6-4-21(5-7-22)8-9-23/h11,23H,2-10H2,1H3. The van der Waals surface area contributed by atoms with Crippen LogP contribution in [-0.2, 0) is 12.8 Å². The fourth-order valence-corrected chi connectivity index (χ4v) is 5.44. The maximum Gasteiger partial charge on any atom is 0.225 e. The van der Waals surface area contributed by atoms with Crippen molar-refractivity contribution in [3.05, 3.63) is 15.7 Å². The fourth-order valence-electron chi connectivity index (χ4n) is 3.85. The van der Waals surface area contributed by atoms with Gasteiger partial charge in [-0.05, 0) is 42.3 Å².